The number of rotatable bonds is 7. The molecule has 0 unspecified atom stereocenters. The van der Waals surface area contributed by atoms with Gasteiger partial charge in [-0.3, -0.25) is 4.79 Å². The van der Waals surface area contributed by atoms with Crippen LogP contribution >= 0.6 is 11.8 Å². The minimum absolute atomic E-state index is 0.0462. The maximum absolute atomic E-state index is 12.1. The molecule has 0 saturated heterocycles. The average molecular weight is 383 g/mol. The van der Waals surface area contributed by atoms with Crippen molar-refractivity contribution in [1.82, 2.24) is 15.5 Å². The van der Waals surface area contributed by atoms with Crippen LogP contribution in [0.2, 0.25) is 0 Å². The molecule has 0 atom stereocenters. The molecule has 1 fully saturated rings. The summed E-state index contributed by atoms with van der Waals surface area (Å²) in [5.41, 5.74) is 0.581. The second-order valence-electron chi connectivity index (χ2n) is 5.97. The van der Waals surface area contributed by atoms with Gasteiger partial charge in [-0.05, 0) is 37.1 Å². The highest BCUT2D eigenvalue weighted by Gasteiger charge is 2.17. The maximum atomic E-state index is 12.1. The Morgan fingerprint density at radius 3 is 2.65 bits per heavy atom. The lowest BCUT2D eigenvalue weighted by Gasteiger charge is -2.22. The van der Waals surface area contributed by atoms with Crippen LogP contribution in [0.4, 0.5) is 8.78 Å². The molecule has 140 valence electrons. The van der Waals surface area contributed by atoms with Crippen LogP contribution in [0.5, 0.6) is 5.75 Å². The normalized spacial score (nSPS) is 15.2. The zero-order valence-electron chi connectivity index (χ0n) is 14.0. The summed E-state index contributed by atoms with van der Waals surface area (Å²) in [6.07, 6.45) is 5.62. The number of alkyl halides is 2. The second kappa shape index (κ2) is 8.98. The van der Waals surface area contributed by atoms with Crippen molar-refractivity contribution in [2.75, 3.05) is 5.75 Å². The zero-order valence-corrected chi connectivity index (χ0v) is 14.8. The largest absolute Gasteiger partial charge is 0.435 e. The van der Waals surface area contributed by atoms with Crippen molar-refractivity contribution in [1.29, 1.82) is 0 Å². The molecule has 3 rings (SSSR count). The van der Waals surface area contributed by atoms with Crippen LogP contribution in [0.15, 0.2) is 33.9 Å². The van der Waals surface area contributed by atoms with Crippen molar-refractivity contribution in [3.63, 3.8) is 0 Å². The molecule has 0 radical (unpaired) electrons. The Balaban J connectivity index is 1.50. The third kappa shape index (κ3) is 5.42. The molecular weight excluding hydrogens is 364 g/mol. The van der Waals surface area contributed by atoms with Crippen molar-refractivity contribution in [2.24, 2.45) is 0 Å². The second-order valence-corrected chi connectivity index (χ2v) is 6.89. The minimum atomic E-state index is -2.87. The molecule has 1 heterocycles. The Hall–Kier alpha value is -2.16. The molecule has 6 nitrogen and oxygen atoms in total. The quantitative estimate of drug-likeness (QED) is 0.731. The number of nitrogens with zero attached hydrogens (tertiary/aromatic N) is 2. The van der Waals surface area contributed by atoms with Crippen LogP contribution in [0.25, 0.3) is 11.5 Å². The Kier molecular flexibility index (Phi) is 6.43. The highest BCUT2D eigenvalue weighted by atomic mass is 32.2. The van der Waals surface area contributed by atoms with Gasteiger partial charge in [-0.1, -0.05) is 31.0 Å². The molecule has 1 amide bonds. The van der Waals surface area contributed by atoms with Crippen molar-refractivity contribution in [3.8, 4) is 17.2 Å². The topological polar surface area (TPSA) is 77.2 Å². The first-order chi connectivity index (χ1) is 12.6. The number of ether oxygens (including phenoxy) is 1. The molecule has 1 saturated carbocycles. The molecule has 2 aromatic rings. The van der Waals surface area contributed by atoms with E-state index in [0.717, 1.165) is 25.7 Å². The van der Waals surface area contributed by atoms with Gasteiger partial charge in [0.25, 0.3) is 5.22 Å². The molecule has 1 aliphatic carbocycles. The first-order valence-corrected chi connectivity index (χ1v) is 9.39. The third-order valence-corrected chi connectivity index (χ3v) is 4.85. The van der Waals surface area contributed by atoms with Gasteiger partial charge in [-0.15, -0.1) is 10.2 Å². The summed E-state index contributed by atoms with van der Waals surface area (Å²) in [5.74, 6) is 0.468. The highest BCUT2D eigenvalue weighted by Crippen LogP contribution is 2.25. The van der Waals surface area contributed by atoms with Crippen molar-refractivity contribution < 1.29 is 22.7 Å². The molecule has 9 heteroatoms. The molecule has 0 bridgehead atoms. The minimum Gasteiger partial charge on any atom is -0.435 e. The van der Waals surface area contributed by atoms with Crippen molar-refractivity contribution >= 4 is 17.7 Å². The summed E-state index contributed by atoms with van der Waals surface area (Å²) in [4.78, 5) is 12.0. The first kappa shape index (κ1) is 18.6. The zero-order chi connectivity index (χ0) is 18.4. The third-order valence-electron chi connectivity index (χ3n) is 4.03. The van der Waals surface area contributed by atoms with E-state index >= 15 is 0 Å². The van der Waals surface area contributed by atoms with E-state index in [-0.39, 0.29) is 34.6 Å². The lowest BCUT2D eigenvalue weighted by molar-refractivity contribution is -0.119. The Bertz CT molecular complexity index is 718. The van der Waals surface area contributed by atoms with Crippen molar-refractivity contribution in [3.05, 3.63) is 24.3 Å². The summed E-state index contributed by atoms with van der Waals surface area (Å²) in [6, 6.07) is 6.17. The Morgan fingerprint density at radius 2 is 1.96 bits per heavy atom. The fourth-order valence-corrected chi connectivity index (χ4v) is 3.38. The Labute approximate surface area is 153 Å². The van der Waals surface area contributed by atoms with E-state index in [1.54, 1.807) is 12.1 Å². The SMILES string of the molecule is O=C(CSc1nnc(-c2ccc(OC(F)F)cc2)o1)NC1CCCCC1. The predicted molar refractivity (Wildman–Crippen MR) is 92.1 cm³/mol. The summed E-state index contributed by atoms with van der Waals surface area (Å²) >= 11 is 1.17. The van der Waals surface area contributed by atoms with Gasteiger partial charge in [-0.25, -0.2) is 0 Å². The molecule has 1 aliphatic rings. The molecule has 1 N–H and O–H groups in total. The molecule has 0 aliphatic heterocycles. The fraction of sp³-hybridized carbons (Fsp3) is 0.471. The molecule has 0 spiro atoms. The van der Waals surface area contributed by atoms with Crippen molar-refractivity contribution in [2.45, 2.75) is 50.0 Å². The monoisotopic (exact) mass is 383 g/mol. The van der Waals surface area contributed by atoms with Crippen LogP contribution in [0.1, 0.15) is 32.1 Å². The van der Waals surface area contributed by atoms with E-state index in [0.29, 0.717) is 5.56 Å². The van der Waals surface area contributed by atoms with Crippen LogP contribution < -0.4 is 10.1 Å². The van der Waals surface area contributed by atoms with Gasteiger partial charge in [0, 0.05) is 11.6 Å². The van der Waals surface area contributed by atoms with E-state index in [2.05, 4.69) is 20.3 Å². The molecule has 1 aromatic carbocycles. The summed E-state index contributed by atoms with van der Waals surface area (Å²) in [7, 11) is 0. The van der Waals surface area contributed by atoms with Crippen LogP contribution in [-0.2, 0) is 4.79 Å². The average Bonchev–Trinajstić information content (AvgIpc) is 3.10. The van der Waals surface area contributed by atoms with Gasteiger partial charge < -0.3 is 14.5 Å². The summed E-state index contributed by atoms with van der Waals surface area (Å²) in [5, 5.41) is 11.1. The highest BCUT2D eigenvalue weighted by molar-refractivity contribution is 7.99. The van der Waals surface area contributed by atoms with E-state index in [4.69, 9.17) is 4.42 Å². The van der Waals surface area contributed by atoms with Gasteiger partial charge >= 0.3 is 6.61 Å². The summed E-state index contributed by atoms with van der Waals surface area (Å²) in [6.45, 7) is -2.87. The number of carbonyl (C=O) groups is 1. The van der Waals surface area contributed by atoms with E-state index in [1.165, 1.54) is 30.3 Å². The van der Waals surface area contributed by atoms with Crippen LogP contribution in [-0.4, -0.2) is 34.5 Å². The first-order valence-electron chi connectivity index (χ1n) is 8.41. The smallest absolute Gasteiger partial charge is 0.387 e. The number of thioether (sulfide) groups is 1. The Morgan fingerprint density at radius 1 is 1.23 bits per heavy atom. The lowest BCUT2D eigenvalue weighted by atomic mass is 9.95. The van der Waals surface area contributed by atoms with Crippen LogP contribution in [0, 0.1) is 0 Å². The van der Waals surface area contributed by atoms with Gasteiger partial charge in [0.05, 0.1) is 5.75 Å². The van der Waals surface area contributed by atoms with Crippen LogP contribution in [0.3, 0.4) is 0 Å². The van der Waals surface area contributed by atoms with E-state index in [9.17, 15) is 13.6 Å². The standard InChI is InChI=1S/C17H19F2N3O3S/c18-16(19)24-13-8-6-11(7-9-13)15-21-22-17(25-15)26-10-14(23)20-12-4-2-1-3-5-12/h6-9,12,16H,1-5,10H2,(H,20,23). The van der Waals surface area contributed by atoms with Gasteiger partial charge in [0.2, 0.25) is 11.8 Å². The van der Waals surface area contributed by atoms with Gasteiger partial charge in [0.1, 0.15) is 5.75 Å². The number of halogens is 2. The van der Waals surface area contributed by atoms with Gasteiger partial charge in [-0.2, -0.15) is 8.78 Å². The van der Waals surface area contributed by atoms with E-state index in [1.807, 2.05) is 0 Å². The number of amides is 1. The predicted octanol–water partition coefficient (Wildman–Crippen LogP) is 3.88. The lowest BCUT2D eigenvalue weighted by Crippen LogP contribution is -2.37. The van der Waals surface area contributed by atoms with E-state index < -0.39 is 6.61 Å². The number of nitrogens with one attached hydrogen (secondary N) is 1. The maximum Gasteiger partial charge on any atom is 0.387 e. The molecule has 26 heavy (non-hydrogen) atoms. The van der Waals surface area contributed by atoms with Gasteiger partial charge in [0.15, 0.2) is 0 Å². The molecular formula is C17H19F2N3O3S. The number of hydrogen-bond donors (Lipinski definition) is 1. The number of benzene rings is 1. The fourth-order valence-electron chi connectivity index (χ4n) is 2.81. The number of aromatic nitrogens is 2. The summed E-state index contributed by atoms with van der Waals surface area (Å²) < 4.78 is 34.1. The number of hydrogen-bond acceptors (Lipinski definition) is 6. The number of carbonyl (C=O) groups excluding carboxylic acids is 1. The molecule has 1 aromatic heterocycles.